The number of rotatable bonds is 4. The van der Waals surface area contributed by atoms with Gasteiger partial charge >= 0.3 is 0 Å². The van der Waals surface area contributed by atoms with Crippen LogP contribution in [0.4, 0.5) is 5.69 Å². The number of benzene rings is 2. The zero-order valence-corrected chi connectivity index (χ0v) is 16.4. The highest BCUT2D eigenvalue weighted by molar-refractivity contribution is 6.35. The minimum atomic E-state index is -0.0730. The molecule has 0 aliphatic carbocycles. The Balaban J connectivity index is 2.06. The number of alkyl halides is 1. The van der Waals surface area contributed by atoms with Crippen molar-refractivity contribution in [2.75, 3.05) is 18.3 Å². The van der Waals surface area contributed by atoms with E-state index in [1.807, 2.05) is 30.3 Å². The van der Waals surface area contributed by atoms with Crippen molar-refractivity contribution in [1.29, 1.82) is 0 Å². The second-order valence-electron chi connectivity index (χ2n) is 7.54. The molecule has 0 saturated carbocycles. The maximum Gasteiger partial charge on any atom is 0.256 e. The Morgan fingerprint density at radius 3 is 2.58 bits per heavy atom. The average molecular weight is 370 g/mol. The molecule has 0 saturated heterocycles. The van der Waals surface area contributed by atoms with Crippen molar-refractivity contribution in [3.05, 3.63) is 58.7 Å². The predicted molar refractivity (Wildman–Crippen MR) is 109 cm³/mol. The van der Waals surface area contributed by atoms with Gasteiger partial charge in [0, 0.05) is 28.3 Å². The molecule has 1 aliphatic heterocycles. The molecule has 1 amide bonds. The highest BCUT2D eigenvalue weighted by atomic mass is 35.5. The highest BCUT2D eigenvalue weighted by Gasteiger charge is 2.25. The molecule has 0 fully saturated rings. The van der Waals surface area contributed by atoms with Crippen LogP contribution in [0.15, 0.2) is 36.4 Å². The molecule has 0 radical (unpaired) electrons. The van der Waals surface area contributed by atoms with E-state index in [-0.39, 0.29) is 11.3 Å². The molecule has 0 aromatic heterocycles. The summed E-state index contributed by atoms with van der Waals surface area (Å²) in [4.78, 5) is 12.5. The Bertz CT molecular complexity index is 878. The van der Waals surface area contributed by atoms with Crippen molar-refractivity contribution >= 4 is 34.8 Å². The summed E-state index contributed by atoms with van der Waals surface area (Å²) in [6, 6.07) is 12.1. The van der Waals surface area contributed by atoms with Crippen LogP contribution in [0.5, 0.6) is 5.75 Å². The van der Waals surface area contributed by atoms with Gasteiger partial charge in [-0.3, -0.25) is 4.79 Å². The van der Waals surface area contributed by atoms with Crippen LogP contribution in [0.2, 0.25) is 0 Å². The van der Waals surface area contributed by atoms with Crippen molar-refractivity contribution < 1.29 is 9.53 Å². The Labute approximate surface area is 160 Å². The second kappa shape index (κ2) is 7.16. The standard InChI is InChI=1S/C22H24ClNO2/c1-22(2,3)18-13-15(6-8-20(18)26-4)12-17-16-11-14(9-10-23)5-7-19(16)24-21(17)25/h5-8,11-13H,9-10H2,1-4H3,(H,24,25). The topological polar surface area (TPSA) is 38.3 Å². The zero-order valence-electron chi connectivity index (χ0n) is 15.7. The average Bonchev–Trinajstić information content (AvgIpc) is 2.90. The molecule has 3 nitrogen and oxygen atoms in total. The number of ether oxygens (including phenoxy) is 1. The second-order valence-corrected chi connectivity index (χ2v) is 7.92. The smallest absolute Gasteiger partial charge is 0.256 e. The minimum Gasteiger partial charge on any atom is -0.496 e. The summed E-state index contributed by atoms with van der Waals surface area (Å²) < 4.78 is 5.50. The van der Waals surface area contributed by atoms with Gasteiger partial charge in [0.25, 0.3) is 5.91 Å². The van der Waals surface area contributed by atoms with E-state index >= 15 is 0 Å². The van der Waals surface area contributed by atoms with E-state index in [2.05, 4.69) is 38.2 Å². The van der Waals surface area contributed by atoms with E-state index in [0.29, 0.717) is 11.5 Å². The number of fused-ring (bicyclic) bond motifs is 1. The lowest BCUT2D eigenvalue weighted by Crippen LogP contribution is -2.13. The van der Waals surface area contributed by atoms with E-state index < -0.39 is 0 Å². The molecule has 3 rings (SSSR count). The Morgan fingerprint density at radius 1 is 1.15 bits per heavy atom. The van der Waals surface area contributed by atoms with E-state index in [1.54, 1.807) is 7.11 Å². The van der Waals surface area contributed by atoms with Gasteiger partial charge in [-0.2, -0.15) is 0 Å². The highest BCUT2D eigenvalue weighted by Crippen LogP contribution is 2.36. The first-order chi connectivity index (χ1) is 12.3. The van der Waals surface area contributed by atoms with Crippen molar-refractivity contribution in [3.63, 3.8) is 0 Å². The van der Waals surface area contributed by atoms with Crippen LogP contribution in [0.3, 0.4) is 0 Å². The number of carbonyl (C=O) groups excluding carboxylic acids is 1. The predicted octanol–water partition coefficient (Wildman–Crippen LogP) is 5.27. The minimum absolute atomic E-state index is 0.0524. The molecule has 26 heavy (non-hydrogen) atoms. The number of hydrogen-bond acceptors (Lipinski definition) is 2. The van der Waals surface area contributed by atoms with Crippen LogP contribution in [0.25, 0.3) is 11.6 Å². The van der Waals surface area contributed by atoms with Gasteiger partial charge in [0.1, 0.15) is 5.75 Å². The molecule has 4 heteroatoms. The molecule has 2 aromatic carbocycles. The molecule has 0 unspecified atom stereocenters. The maximum absolute atomic E-state index is 12.5. The van der Waals surface area contributed by atoms with Crippen LogP contribution < -0.4 is 10.1 Å². The van der Waals surface area contributed by atoms with Gasteiger partial charge in [-0.05, 0) is 53.3 Å². The number of hydrogen-bond donors (Lipinski definition) is 1. The van der Waals surface area contributed by atoms with Gasteiger partial charge < -0.3 is 10.1 Å². The summed E-state index contributed by atoms with van der Waals surface area (Å²) in [7, 11) is 1.68. The van der Waals surface area contributed by atoms with Gasteiger partial charge in [-0.1, -0.05) is 32.9 Å². The van der Waals surface area contributed by atoms with E-state index in [9.17, 15) is 4.79 Å². The van der Waals surface area contributed by atoms with E-state index in [4.69, 9.17) is 16.3 Å². The third-order valence-electron chi connectivity index (χ3n) is 4.59. The molecule has 0 spiro atoms. The van der Waals surface area contributed by atoms with Gasteiger partial charge in [-0.15, -0.1) is 11.6 Å². The van der Waals surface area contributed by atoms with Gasteiger partial charge in [0.05, 0.1) is 7.11 Å². The molecule has 1 heterocycles. The zero-order chi connectivity index (χ0) is 18.9. The van der Waals surface area contributed by atoms with Crippen LogP contribution >= 0.6 is 11.6 Å². The largest absolute Gasteiger partial charge is 0.496 e. The Morgan fingerprint density at radius 2 is 1.92 bits per heavy atom. The molecule has 0 bridgehead atoms. The maximum atomic E-state index is 12.5. The molecule has 0 atom stereocenters. The SMILES string of the molecule is COc1ccc(C=C2C(=O)Nc3ccc(CCCl)cc32)cc1C(C)(C)C. The number of halogens is 1. The molecule has 136 valence electrons. The Kier molecular flexibility index (Phi) is 5.10. The van der Waals surface area contributed by atoms with Crippen LogP contribution in [0, 0.1) is 0 Å². The summed E-state index contributed by atoms with van der Waals surface area (Å²) in [5.74, 6) is 1.35. The van der Waals surface area contributed by atoms with Crippen molar-refractivity contribution in [3.8, 4) is 5.75 Å². The number of nitrogens with one attached hydrogen (secondary N) is 1. The fourth-order valence-corrected chi connectivity index (χ4v) is 3.43. The Hall–Kier alpha value is -2.26. The number of anilines is 1. The van der Waals surface area contributed by atoms with Crippen molar-refractivity contribution in [2.24, 2.45) is 0 Å². The number of amides is 1. The summed E-state index contributed by atoms with van der Waals surface area (Å²) >= 11 is 5.86. The van der Waals surface area contributed by atoms with E-state index in [0.717, 1.165) is 40.1 Å². The molecule has 2 aromatic rings. The lowest BCUT2D eigenvalue weighted by Gasteiger charge is -2.22. The van der Waals surface area contributed by atoms with Gasteiger partial charge in [0.15, 0.2) is 0 Å². The quantitative estimate of drug-likeness (QED) is 0.589. The first kappa shape index (κ1) is 18.5. The molecule has 1 aliphatic rings. The first-order valence-corrected chi connectivity index (χ1v) is 9.28. The fourth-order valence-electron chi connectivity index (χ4n) is 3.21. The summed E-state index contributed by atoms with van der Waals surface area (Å²) in [6.07, 6.45) is 2.73. The summed E-state index contributed by atoms with van der Waals surface area (Å²) in [5.41, 5.74) is 5.64. The third-order valence-corrected chi connectivity index (χ3v) is 4.78. The summed E-state index contributed by atoms with van der Waals surface area (Å²) in [5, 5.41) is 2.94. The molecule has 1 N–H and O–H groups in total. The number of methoxy groups -OCH3 is 1. The van der Waals surface area contributed by atoms with Gasteiger partial charge in [-0.25, -0.2) is 0 Å². The van der Waals surface area contributed by atoms with Crippen molar-refractivity contribution in [1.82, 2.24) is 0 Å². The van der Waals surface area contributed by atoms with E-state index in [1.165, 1.54) is 0 Å². The monoisotopic (exact) mass is 369 g/mol. The lowest BCUT2D eigenvalue weighted by atomic mass is 9.85. The number of carbonyl (C=O) groups is 1. The first-order valence-electron chi connectivity index (χ1n) is 8.74. The fraction of sp³-hybridized carbons (Fsp3) is 0.318. The van der Waals surface area contributed by atoms with Crippen LogP contribution in [-0.4, -0.2) is 18.9 Å². The van der Waals surface area contributed by atoms with Crippen LogP contribution in [0.1, 0.15) is 43.0 Å². The van der Waals surface area contributed by atoms with Crippen LogP contribution in [-0.2, 0) is 16.6 Å². The molecular formula is C22H24ClNO2. The lowest BCUT2D eigenvalue weighted by molar-refractivity contribution is -0.110. The van der Waals surface area contributed by atoms with Crippen molar-refractivity contribution in [2.45, 2.75) is 32.6 Å². The number of aryl methyl sites for hydroxylation is 1. The normalized spacial score (nSPS) is 15.1. The summed E-state index contributed by atoms with van der Waals surface area (Å²) in [6.45, 7) is 6.45. The van der Waals surface area contributed by atoms with Gasteiger partial charge in [0.2, 0.25) is 0 Å². The third kappa shape index (κ3) is 3.63. The molecular weight excluding hydrogens is 346 g/mol.